The molecular formula is C25H20ClF2NO. The number of carbonyl (C=O) groups excluding carboxylic acids is 1. The molecule has 4 rings (SSSR count). The molecule has 0 atom stereocenters. The number of anilines is 1. The largest absolute Gasteiger partial charge is 0.308 e. The van der Waals surface area contributed by atoms with E-state index >= 15 is 0 Å². The van der Waals surface area contributed by atoms with E-state index in [1.54, 1.807) is 0 Å². The fourth-order valence-corrected chi connectivity index (χ4v) is 3.97. The third-order valence-electron chi connectivity index (χ3n) is 5.24. The van der Waals surface area contributed by atoms with E-state index in [9.17, 15) is 13.6 Å². The molecule has 0 unspecified atom stereocenters. The van der Waals surface area contributed by atoms with Gasteiger partial charge in [-0.15, -0.1) is 0 Å². The van der Waals surface area contributed by atoms with E-state index in [0.29, 0.717) is 23.7 Å². The Balaban J connectivity index is 1.68. The van der Waals surface area contributed by atoms with Gasteiger partial charge in [0.2, 0.25) is 0 Å². The standard InChI is InChI=1S/C25H20ClF2NO/c1-2-3-5-16-8-10-20(26)19(14-16)17-9-11-23-18(15-17)12-13-29(23)25(30)24-21(27)6-4-7-22(24)28/h3-11,14-15H,2,12-13H2,1H3. The molecule has 0 aliphatic carbocycles. The minimum atomic E-state index is -0.853. The highest BCUT2D eigenvalue weighted by molar-refractivity contribution is 6.33. The number of amides is 1. The van der Waals surface area contributed by atoms with Crippen LogP contribution in [0.25, 0.3) is 17.2 Å². The Hall–Kier alpha value is -2.98. The van der Waals surface area contributed by atoms with Crippen molar-refractivity contribution in [2.24, 2.45) is 0 Å². The Morgan fingerprint density at radius 1 is 1.10 bits per heavy atom. The van der Waals surface area contributed by atoms with Crippen LogP contribution in [0.15, 0.2) is 60.7 Å². The minimum absolute atomic E-state index is 0.373. The van der Waals surface area contributed by atoms with Gasteiger partial charge >= 0.3 is 0 Å². The molecule has 1 aliphatic heterocycles. The summed E-state index contributed by atoms with van der Waals surface area (Å²) in [6, 6.07) is 15.0. The van der Waals surface area contributed by atoms with Crippen LogP contribution in [-0.2, 0) is 6.42 Å². The Kier molecular flexibility index (Phi) is 5.69. The molecule has 0 saturated carbocycles. The van der Waals surface area contributed by atoms with Crippen molar-refractivity contribution >= 4 is 29.3 Å². The van der Waals surface area contributed by atoms with Crippen molar-refractivity contribution in [3.63, 3.8) is 0 Å². The van der Waals surface area contributed by atoms with Crippen LogP contribution in [-0.4, -0.2) is 12.5 Å². The smallest absolute Gasteiger partial charge is 0.264 e. The van der Waals surface area contributed by atoms with Crippen LogP contribution in [0.2, 0.25) is 5.02 Å². The average Bonchev–Trinajstić information content (AvgIpc) is 3.16. The Bertz CT molecular complexity index is 1140. The molecule has 1 heterocycles. The molecule has 5 heteroatoms. The van der Waals surface area contributed by atoms with Crippen molar-refractivity contribution in [3.8, 4) is 11.1 Å². The van der Waals surface area contributed by atoms with Gasteiger partial charge in [-0.05, 0) is 65.9 Å². The first-order chi connectivity index (χ1) is 14.5. The number of nitrogens with zero attached hydrogens (tertiary/aromatic N) is 1. The van der Waals surface area contributed by atoms with Gasteiger partial charge < -0.3 is 4.90 Å². The molecule has 0 N–H and O–H groups in total. The Labute approximate surface area is 179 Å². The minimum Gasteiger partial charge on any atom is -0.308 e. The van der Waals surface area contributed by atoms with Crippen LogP contribution in [0.3, 0.4) is 0 Å². The SMILES string of the molecule is CCC=Cc1ccc(Cl)c(-c2ccc3c(c2)CCN3C(=O)c2c(F)cccc2F)c1. The summed E-state index contributed by atoms with van der Waals surface area (Å²) in [7, 11) is 0. The number of allylic oxidation sites excluding steroid dienone is 1. The lowest BCUT2D eigenvalue weighted by atomic mass is 9.99. The van der Waals surface area contributed by atoms with E-state index in [1.807, 2.05) is 36.4 Å². The summed E-state index contributed by atoms with van der Waals surface area (Å²) in [6.07, 6.45) is 5.69. The van der Waals surface area contributed by atoms with Crippen molar-refractivity contribution in [3.05, 3.63) is 94.0 Å². The highest BCUT2D eigenvalue weighted by atomic mass is 35.5. The van der Waals surface area contributed by atoms with Crippen LogP contribution in [0.4, 0.5) is 14.5 Å². The molecule has 3 aromatic carbocycles. The van der Waals surface area contributed by atoms with Crippen LogP contribution in [0.1, 0.15) is 34.8 Å². The van der Waals surface area contributed by atoms with E-state index in [2.05, 4.69) is 19.1 Å². The van der Waals surface area contributed by atoms with Crippen molar-refractivity contribution in [1.29, 1.82) is 0 Å². The van der Waals surface area contributed by atoms with Gasteiger partial charge in [-0.1, -0.05) is 48.9 Å². The van der Waals surface area contributed by atoms with Crippen molar-refractivity contribution < 1.29 is 13.6 Å². The second kappa shape index (κ2) is 8.41. The zero-order chi connectivity index (χ0) is 21.3. The zero-order valence-electron chi connectivity index (χ0n) is 16.5. The molecule has 152 valence electrons. The van der Waals surface area contributed by atoms with Gasteiger partial charge in [-0.25, -0.2) is 8.78 Å². The van der Waals surface area contributed by atoms with Gasteiger partial charge in [0.05, 0.1) is 0 Å². The third kappa shape index (κ3) is 3.75. The summed E-state index contributed by atoms with van der Waals surface area (Å²) in [5, 5.41) is 0.642. The molecule has 0 radical (unpaired) electrons. The lowest BCUT2D eigenvalue weighted by Crippen LogP contribution is -2.30. The molecule has 0 bridgehead atoms. The van der Waals surface area contributed by atoms with Crippen LogP contribution in [0, 0.1) is 11.6 Å². The molecule has 0 spiro atoms. The topological polar surface area (TPSA) is 20.3 Å². The van der Waals surface area contributed by atoms with E-state index < -0.39 is 23.1 Å². The average molecular weight is 424 g/mol. The summed E-state index contributed by atoms with van der Waals surface area (Å²) < 4.78 is 28.2. The van der Waals surface area contributed by atoms with Crippen LogP contribution < -0.4 is 4.90 Å². The molecule has 0 saturated heterocycles. The lowest BCUT2D eigenvalue weighted by Gasteiger charge is -2.18. The maximum absolute atomic E-state index is 14.1. The number of benzene rings is 3. The highest BCUT2D eigenvalue weighted by Crippen LogP contribution is 2.36. The number of halogens is 3. The molecule has 2 nitrogen and oxygen atoms in total. The first kappa shape index (κ1) is 20.3. The maximum atomic E-state index is 14.1. The quantitative estimate of drug-likeness (QED) is 0.446. The second-order valence-electron chi connectivity index (χ2n) is 7.20. The molecule has 1 amide bonds. The predicted molar refractivity (Wildman–Crippen MR) is 118 cm³/mol. The number of fused-ring (bicyclic) bond motifs is 1. The van der Waals surface area contributed by atoms with Crippen LogP contribution in [0.5, 0.6) is 0 Å². The number of hydrogen-bond donors (Lipinski definition) is 0. The fraction of sp³-hybridized carbons (Fsp3) is 0.160. The first-order valence-electron chi connectivity index (χ1n) is 9.85. The summed E-state index contributed by atoms with van der Waals surface area (Å²) in [6.45, 7) is 2.45. The van der Waals surface area contributed by atoms with Crippen LogP contribution >= 0.6 is 11.6 Å². The molecule has 0 aromatic heterocycles. The molecule has 3 aromatic rings. The predicted octanol–water partition coefficient (Wildman–Crippen LogP) is 6.91. The number of hydrogen-bond acceptors (Lipinski definition) is 1. The summed E-state index contributed by atoms with van der Waals surface area (Å²) in [4.78, 5) is 14.3. The first-order valence-corrected chi connectivity index (χ1v) is 10.2. The fourth-order valence-electron chi connectivity index (χ4n) is 3.74. The van der Waals surface area contributed by atoms with Crippen molar-refractivity contribution in [2.45, 2.75) is 19.8 Å². The highest BCUT2D eigenvalue weighted by Gasteiger charge is 2.29. The summed E-state index contributed by atoms with van der Waals surface area (Å²) >= 11 is 6.44. The van der Waals surface area contributed by atoms with E-state index in [4.69, 9.17) is 11.6 Å². The third-order valence-corrected chi connectivity index (χ3v) is 5.57. The van der Waals surface area contributed by atoms with Gasteiger partial charge in [0.15, 0.2) is 0 Å². The summed E-state index contributed by atoms with van der Waals surface area (Å²) in [5.74, 6) is -2.37. The van der Waals surface area contributed by atoms with Gasteiger partial charge in [-0.2, -0.15) is 0 Å². The Morgan fingerprint density at radius 3 is 2.60 bits per heavy atom. The van der Waals surface area contributed by atoms with Crippen molar-refractivity contribution in [2.75, 3.05) is 11.4 Å². The van der Waals surface area contributed by atoms with Gasteiger partial charge in [0.25, 0.3) is 5.91 Å². The monoisotopic (exact) mass is 423 g/mol. The molecule has 0 fully saturated rings. The molecule has 1 aliphatic rings. The summed E-state index contributed by atoms with van der Waals surface area (Å²) in [5.41, 5.74) is 4.00. The van der Waals surface area contributed by atoms with E-state index in [-0.39, 0.29) is 0 Å². The lowest BCUT2D eigenvalue weighted by molar-refractivity contribution is 0.0981. The van der Waals surface area contributed by atoms with E-state index in [1.165, 1.54) is 11.0 Å². The van der Waals surface area contributed by atoms with Crippen molar-refractivity contribution in [1.82, 2.24) is 0 Å². The van der Waals surface area contributed by atoms with Gasteiger partial charge in [0, 0.05) is 22.8 Å². The molecular weight excluding hydrogens is 404 g/mol. The number of carbonyl (C=O) groups is 1. The van der Waals surface area contributed by atoms with Gasteiger partial charge in [-0.3, -0.25) is 4.79 Å². The molecule has 30 heavy (non-hydrogen) atoms. The zero-order valence-corrected chi connectivity index (χ0v) is 17.2. The Morgan fingerprint density at radius 2 is 1.87 bits per heavy atom. The maximum Gasteiger partial charge on any atom is 0.264 e. The normalized spacial score (nSPS) is 13.1. The number of rotatable bonds is 4. The van der Waals surface area contributed by atoms with Gasteiger partial charge in [0.1, 0.15) is 17.2 Å². The van der Waals surface area contributed by atoms with E-state index in [0.717, 1.165) is 40.8 Å². The second-order valence-corrected chi connectivity index (χ2v) is 7.60.